The van der Waals surface area contributed by atoms with Crippen molar-refractivity contribution >= 4 is 35.5 Å². The van der Waals surface area contributed by atoms with Gasteiger partial charge >= 0.3 is 6.09 Å². The first-order valence-corrected chi connectivity index (χ1v) is 17.6. The highest BCUT2D eigenvalue weighted by atomic mass is 16.6. The summed E-state index contributed by atoms with van der Waals surface area (Å²) in [5, 5.41) is 8.05. The summed E-state index contributed by atoms with van der Waals surface area (Å²) < 4.78 is 12.9. The number of hydrogen-bond acceptors (Lipinski definition) is 9. The van der Waals surface area contributed by atoms with Crippen molar-refractivity contribution in [3.63, 3.8) is 0 Å². The summed E-state index contributed by atoms with van der Waals surface area (Å²) in [5.74, 6) is -0.284. The van der Waals surface area contributed by atoms with Crippen LogP contribution in [-0.4, -0.2) is 93.2 Å². The number of alkyl carbamates (subject to hydrolysis) is 1. The van der Waals surface area contributed by atoms with Gasteiger partial charge in [0.2, 0.25) is 11.8 Å². The van der Waals surface area contributed by atoms with Crippen molar-refractivity contribution in [1.82, 2.24) is 30.1 Å². The van der Waals surface area contributed by atoms with Gasteiger partial charge in [-0.2, -0.15) is 0 Å². The first kappa shape index (κ1) is 38.5. The van der Waals surface area contributed by atoms with E-state index in [4.69, 9.17) is 9.47 Å². The summed E-state index contributed by atoms with van der Waals surface area (Å²) in [6, 6.07) is 22.7. The van der Waals surface area contributed by atoms with Gasteiger partial charge in [0.15, 0.2) is 5.82 Å². The van der Waals surface area contributed by atoms with E-state index in [-0.39, 0.29) is 24.9 Å². The molecule has 1 aliphatic heterocycles. The summed E-state index contributed by atoms with van der Waals surface area (Å²) in [4.78, 5) is 66.7. The third-order valence-corrected chi connectivity index (χ3v) is 8.46. The van der Waals surface area contributed by atoms with E-state index >= 15 is 0 Å². The third-order valence-electron chi connectivity index (χ3n) is 8.46. The normalized spacial score (nSPS) is 14.5. The van der Waals surface area contributed by atoms with Gasteiger partial charge in [-0.1, -0.05) is 66.7 Å². The predicted octanol–water partition coefficient (Wildman–Crippen LogP) is 4.16. The molecule has 280 valence electrons. The quantitative estimate of drug-likeness (QED) is 0.184. The van der Waals surface area contributed by atoms with Crippen LogP contribution in [-0.2, 0) is 30.5 Å². The Kier molecular flexibility index (Phi) is 12.5. The zero-order chi connectivity index (χ0) is 38.0. The standard InChI is InChI=1S/C39H48N8O6/c1-38(2,3)53-37(51)44-39(4,5)36(50)42-30(26-52-25-28-14-8-6-9-15-28)34(48)43-31-24-47(27-41-31)33(29-16-10-7-11-17-29)35(49)46-22-20-45(21-23-46)32-18-12-13-19-40-32/h6-19,24,27,30,33H,20-23,25-26H2,1-5H3,(H,42,50)(H,43,48)(H,44,51)/t30-,33?/m1/s1. The fraction of sp³-hybridized carbons (Fsp3) is 0.385. The zero-order valence-corrected chi connectivity index (χ0v) is 30.8. The number of nitrogens with one attached hydrogen (secondary N) is 3. The number of pyridine rings is 1. The van der Waals surface area contributed by atoms with Gasteiger partial charge in [0.05, 0.1) is 19.5 Å². The molecule has 0 aliphatic carbocycles. The van der Waals surface area contributed by atoms with E-state index in [9.17, 15) is 19.2 Å². The number of imidazole rings is 1. The molecule has 0 radical (unpaired) electrons. The van der Waals surface area contributed by atoms with Crippen molar-refractivity contribution in [3.05, 3.63) is 109 Å². The van der Waals surface area contributed by atoms with Crippen LogP contribution >= 0.6 is 0 Å². The number of anilines is 2. The van der Waals surface area contributed by atoms with E-state index in [2.05, 4.69) is 30.8 Å². The number of piperazine rings is 1. The minimum Gasteiger partial charge on any atom is -0.444 e. The average Bonchev–Trinajstić information content (AvgIpc) is 3.59. The molecule has 1 saturated heterocycles. The average molecular weight is 725 g/mol. The van der Waals surface area contributed by atoms with Gasteiger partial charge in [0.1, 0.15) is 29.0 Å². The molecule has 2 aromatic carbocycles. The number of ether oxygens (including phenoxy) is 2. The topological polar surface area (TPSA) is 160 Å². The van der Waals surface area contributed by atoms with Crippen LogP contribution in [0.25, 0.3) is 0 Å². The lowest BCUT2D eigenvalue weighted by Crippen LogP contribution is -2.59. The molecule has 5 rings (SSSR count). The van der Waals surface area contributed by atoms with Gasteiger partial charge in [-0.05, 0) is 57.9 Å². The van der Waals surface area contributed by atoms with Crippen LogP contribution in [0.1, 0.15) is 51.8 Å². The number of amides is 4. The number of carbonyl (C=O) groups excluding carboxylic acids is 4. The molecule has 2 atom stereocenters. The molecule has 0 spiro atoms. The lowest BCUT2D eigenvalue weighted by molar-refractivity contribution is -0.134. The lowest BCUT2D eigenvalue weighted by atomic mass is 10.0. The highest BCUT2D eigenvalue weighted by Crippen LogP contribution is 2.24. The number of carbonyl (C=O) groups is 4. The lowest BCUT2D eigenvalue weighted by Gasteiger charge is -2.37. The Bertz CT molecular complexity index is 1820. The summed E-state index contributed by atoms with van der Waals surface area (Å²) in [6.07, 6.45) is 4.08. The van der Waals surface area contributed by atoms with Gasteiger partial charge in [0, 0.05) is 38.6 Å². The smallest absolute Gasteiger partial charge is 0.408 e. The van der Waals surface area contributed by atoms with Gasteiger partial charge in [-0.15, -0.1) is 0 Å². The maximum Gasteiger partial charge on any atom is 0.408 e. The minimum absolute atomic E-state index is 0.105. The summed E-state index contributed by atoms with van der Waals surface area (Å²) in [6.45, 7) is 10.5. The molecule has 3 N–H and O–H groups in total. The van der Waals surface area contributed by atoms with Crippen LogP contribution in [0.3, 0.4) is 0 Å². The van der Waals surface area contributed by atoms with Crippen molar-refractivity contribution < 1.29 is 28.7 Å². The fourth-order valence-corrected chi connectivity index (χ4v) is 5.71. The molecule has 0 bridgehead atoms. The Labute approximate surface area is 309 Å². The van der Waals surface area contributed by atoms with Crippen molar-refractivity contribution in [2.75, 3.05) is 43.0 Å². The molecule has 53 heavy (non-hydrogen) atoms. The summed E-state index contributed by atoms with van der Waals surface area (Å²) in [5.41, 5.74) is -0.557. The molecule has 1 unspecified atom stereocenters. The second-order valence-corrected chi connectivity index (χ2v) is 14.3. The molecule has 0 saturated carbocycles. The van der Waals surface area contributed by atoms with Gasteiger partial charge in [0.25, 0.3) is 5.91 Å². The second kappa shape index (κ2) is 17.2. The maximum absolute atomic E-state index is 14.1. The minimum atomic E-state index is -1.44. The van der Waals surface area contributed by atoms with Crippen molar-refractivity contribution in [3.8, 4) is 0 Å². The Balaban J connectivity index is 1.30. The Hall–Kier alpha value is -5.76. The van der Waals surface area contributed by atoms with E-state index in [1.54, 1.807) is 37.7 Å². The van der Waals surface area contributed by atoms with Gasteiger partial charge in [-0.25, -0.2) is 14.8 Å². The SMILES string of the molecule is CC(C)(C)OC(=O)NC(C)(C)C(=O)N[C@H](COCc1ccccc1)C(=O)Nc1cn(C(C(=O)N2CCN(c3ccccn3)CC2)c2ccccc2)cn1. The number of nitrogens with zero attached hydrogens (tertiary/aromatic N) is 5. The molecular formula is C39H48N8O6. The van der Waals surface area contributed by atoms with E-state index < -0.39 is 41.1 Å². The molecule has 1 fully saturated rings. The van der Waals surface area contributed by atoms with E-state index in [1.165, 1.54) is 20.2 Å². The van der Waals surface area contributed by atoms with Gasteiger partial charge in [-0.3, -0.25) is 14.4 Å². The monoisotopic (exact) mass is 724 g/mol. The summed E-state index contributed by atoms with van der Waals surface area (Å²) >= 11 is 0. The first-order chi connectivity index (χ1) is 25.3. The molecule has 1 aliphatic rings. The van der Waals surface area contributed by atoms with Crippen molar-refractivity contribution in [2.45, 2.75) is 64.4 Å². The molecule has 3 heterocycles. The Morgan fingerprint density at radius 2 is 1.49 bits per heavy atom. The Morgan fingerprint density at radius 1 is 0.830 bits per heavy atom. The van der Waals surface area contributed by atoms with Gasteiger partial charge < -0.3 is 39.8 Å². The van der Waals surface area contributed by atoms with E-state index in [1.807, 2.05) is 83.8 Å². The van der Waals surface area contributed by atoms with Crippen LogP contribution in [0.5, 0.6) is 0 Å². The molecule has 4 amide bonds. The number of benzene rings is 2. The maximum atomic E-state index is 14.1. The second-order valence-electron chi connectivity index (χ2n) is 14.3. The van der Waals surface area contributed by atoms with E-state index in [0.29, 0.717) is 26.2 Å². The highest BCUT2D eigenvalue weighted by molar-refractivity contribution is 5.98. The number of aromatic nitrogens is 3. The highest BCUT2D eigenvalue weighted by Gasteiger charge is 2.35. The molecule has 4 aromatic rings. The van der Waals surface area contributed by atoms with Crippen molar-refractivity contribution in [1.29, 1.82) is 0 Å². The van der Waals surface area contributed by atoms with E-state index in [0.717, 1.165) is 16.9 Å². The molecule has 14 heteroatoms. The van der Waals surface area contributed by atoms with Crippen LogP contribution in [0.2, 0.25) is 0 Å². The third kappa shape index (κ3) is 10.9. The molecule has 14 nitrogen and oxygen atoms in total. The van der Waals surface area contributed by atoms with Crippen LogP contribution in [0.4, 0.5) is 16.4 Å². The largest absolute Gasteiger partial charge is 0.444 e. The molecule has 2 aromatic heterocycles. The van der Waals surface area contributed by atoms with Crippen LogP contribution in [0, 0.1) is 0 Å². The fourth-order valence-electron chi connectivity index (χ4n) is 5.71. The predicted molar refractivity (Wildman–Crippen MR) is 200 cm³/mol. The Morgan fingerprint density at radius 3 is 2.13 bits per heavy atom. The van der Waals surface area contributed by atoms with Crippen LogP contribution < -0.4 is 20.9 Å². The first-order valence-electron chi connectivity index (χ1n) is 17.6. The van der Waals surface area contributed by atoms with Crippen molar-refractivity contribution in [2.24, 2.45) is 0 Å². The zero-order valence-electron chi connectivity index (χ0n) is 30.8. The number of hydrogen-bond donors (Lipinski definition) is 3. The molecular weight excluding hydrogens is 676 g/mol. The van der Waals surface area contributed by atoms with Crippen LogP contribution in [0.15, 0.2) is 97.6 Å². The number of rotatable bonds is 13. The summed E-state index contributed by atoms with van der Waals surface area (Å²) in [7, 11) is 0.